The molecular formula is C23H31N3O3S. The number of amides is 1. The Kier molecular flexibility index (Phi) is 6.65. The molecule has 0 saturated heterocycles. The van der Waals surface area contributed by atoms with Crippen LogP contribution in [0.3, 0.4) is 0 Å². The minimum atomic E-state index is -3.71. The zero-order chi connectivity index (χ0) is 21.9. The molecule has 30 heavy (non-hydrogen) atoms. The third-order valence-electron chi connectivity index (χ3n) is 5.65. The van der Waals surface area contributed by atoms with E-state index in [-0.39, 0.29) is 22.3 Å². The van der Waals surface area contributed by atoms with Gasteiger partial charge in [0.25, 0.3) is 5.91 Å². The molecule has 0 unspecified atom stereocenters. The first-order valence-corrected chi connectivity index (χ1v) is 11.7. The van der Waals surface area contributed by atoms with Crippen LogP contribution >= 0.6 is 0 Å². The van der Waals surface area contributed by atoms with Gasteiger partial charge < -0.3 is 5.32 Å². The summed E-state index contributed by atoms with van der Waals surface area (Å²) in [7, 11) is -2.17. The molecule has 1 heterocycles. The average Bonchev–Trinajstić information content (AvgIpc) is 2.72. The van der Waals surface area contributed by atoms with Crippen molar-refractivity contribution in [2.24, 2.45) is 5.41 Å². The lowest BCUT2D eigenvalue weighted by Gasteiger charge is -2.37. The summed E-state index contributed by atoms with van der Waals surface area (Å²) in [5.74, 6) is -0.246. The largest absolute Gasteiger partial charge is 0.355 e. The second kappa shape index (κ2) is 8.88. The molecule has 2 aromatic rings. The Labute approximate surface area is 179 Å². The van der Waals surface area contributed by atoms with E-state index in [1.807, 2.05) is 20.8 Å². The van der Waals surface area contributed by atoms with Crippen molar-refractivity contribution in [3.63, 3.8) is 0 Å². The van der Waals surface area contributed by atoms with Crippen LogP contribution in [0.5, 0.6) is 0 Å². The molecule has 2 aromatic carbocycles. The second-order valence-electron chi connectivity index (χ2n) is 8.90. The van der Waals surface area contributed by atoms with Crippen LogP contribution in [0.1, 0.15) is 42.3 Å². The van der Waals surface area contributed by atoms with E-state index >= 15 is 0 Å². The first kappa shape index (κ1) is 22.5. The van der Waals surface area contributed by atoms with E-state index in [1.54, 1.807) is 7.05 Å². The van der Waals surface area contributed by atoms with Crippen LogP contribution in [-0.4, -0.2) is 45.4 Å². The van der Waals surface area contributed by atoms with Crippen molar-refractivity contribution < 1.29 is 13.2 Å². The van der Waals surface area contributed by atoms with Crippen LogP contribution in [0, 0.1) is 5.41 Å². The Balaban J connectivity index is 1.75. The molecular weight excluding hydrogens is 398 g/mol. The number of nitrogens with zero attached hydrogens (tertiary/aromatic N) is 1. The molecule has 0 spiro atoms. The molecule has 6 nitrogen and oxygen atoms in total. The van der Waals surface area contributed by atoms with Gasteiger partial charge in [-0.1, -0.05) is 45.0 Å². The van der Waals surface area contributed by atoms with Crippen molar-refractivity contribution in [2.75, 3.05) is 20.1 Å². The molecule has 1 aliphatic heterocycles. The van der Waals surface area contributed by atoms with Gasteiger partial charge in [-0.3, -0.25) is 9.69 Å². The number of carbonyl (C=O) groups excluding carboxylic acids is 1. The van der Waals surface area contributed by atoms with Gasteiger partial charge in [-0.05, 0) is 47.2 Å². The van der Waals surface area contributed by atoms with E-state index in [1.165, 1.54) is 35.4 Å². The van der Waals surface area contributed by atoms with Crippen molar-refractivity contribution in [1.29, 1.82) is 0 Å². The smallest absolute Gasteiger partial charge is 0.251 e. The van der Waals surface area contributed by atoms with Gasteiger partial charge in [0.05, 0.1) is 4.90 Å². The number of rotatable bonds is 6. The fourth-order valence-electron chi connectivity index (χ4n) is 3.64. The minimum absolute atomic E-state index is 0.161. The van der Waals surface area contributed by atoms with Crippen LogP contribution in [0.15, 0.2) is 53.4 Å². The highest BCUT2D eigenvalue weighted by Crippen LogP contribution is 2.25. The number of hydrogen-bond donors (Lipinski definition) is 2. The lowest BCUT2D eigenvalue weighted by Crippen LogP contribution is -2.51. The summed E-state index contributed by atoms with van der Waals surface area (Å²) in [5, 5.41) is 2.53. The molecule has 0 aliphatic carbocycles. The van der Waals surface area contributed by atoms with E-state index < -0.39 is 10.0 Å². The fraction of sp³-hybridized carbons (Fsp3) is 0.435. The summed E-state index contributed by atoms with van der Waals surface area (Å²) in [6.45, 7) is 8.51. The molecule has 1 aliphatic rings. The SMILES string of the molecule is CNC(=O)c1ccc(S(=O)(=O)N[C@@H](CN2CCc3ccccc3C2)C(C)(C)C)cc1. The number of benzene rings is 2. The Bertz CT molecular complexity index is 995. The highest BCUT2D eigenvalue weighted by Gasteiger charge is 2.32. The lowest BCUT2D eigenvalue weighted by atomic mass is 9.86. The molecule has 0 fully saturated rings. The maximum atomic E-state index is 13.0. The van der Waals surface area contributed by atoms with Crippen molar-refractivity contribution >= 4 is 15.9 Å². The fourth-order valence-corrected chi connectivity index (χ4v) is 5.07. The second-order valence-corrected chi connectivity index (χ2v) is 10.6. The van der Waals surface area contributed by atoms with E-state index in [0.29, 0.717) is 12.1 Å². The first-order valence-electron chi connectivity index (χ1n) is 10.2. The highest BCUT2D eigenvalue weighted by molar-refractivity contribution is 7.89. The van der Waals surface area contributed by atoms with Crippen LogP contribution in [0.25, 0.3) is 0 Å². The van der Waals surface area contributed by atoms with Crippen LogP contribution in [-0.2, 0) is 23.0 Å². The zero-order valence-corrected chi connectivity index (χ0v) is 18.9. The summed E-state index contributed by atoms with van der Waals surface area (Å²) in [6.07, 6.45) is 0.973. The normalized spacial score (nSPS) is 16.0. The maximum Gasteiger partial charge on any atom is 0.251 e. The van der Waals surface area contributed by atoms with Crippen LogP contribution in [0.2, 0.25) is 0 Å². The van der Waals surface area contributed by atoms with Gasteiger partial charge >= 0.3 is 0 Å². The molecule has 1 amide bonds. The standard InChI is InChI=1S/C23H31N3O3S/c1-23(2,3)21(16-26-14-13-17-7-5-6-8-19(17)15-26)25-30(28,29)20-11-9-18(10-12-20)22(27)24-4/h5-12,21,25H,13-16H2,1-4H3,(H,24,27)/t21-/m0/s1. The van der Waals surface area contributed by atoms with Crippen molar-refractivity contribution in [3.05, 3.63) is 65.2 Å². The van der Waals surface area contributed by atoms with E-state index in [0.717, 1.165) is 19.5 Å². The molecule has 2 N–H and O–H groups in total. The number of carbonyl (C=O) groups is 1. The molecule has 162 valence electrons. The monoisotopic (exact) mass is 429 g/mol. The predicted molar refractivity (Wildman–Crippen MR) is 119 cm³/mol. The van der Waals surface area contributed by atoms with Crippen molar-refractivity contribution in [2.45, 2.75) is 44.7 Å². The molecule has 0 saturated carbocycles. The zero-order valence-electron chi connectivity index (χ0n) is 18.1. The molecule has 0 aromatic heterocycles. The van der Waals surface area contributed by atoms with Gasteiger partial charge in [-0.25, -0.2) is 13.1 Å². The van der Waals surface area contributed by atoms with E-state index in [9.17, 15) is 13.2 Å². The summed E-state index contributed by atoms with van der Waals surface area (Å²) in [6, 6.07) is 14.2. The van der Waals surface area contributed by atoms with Crippen molar-refractivity contribution in [3.8, 4) is 0 Å². The first-order chi connectivity index (χ1) is 14.1. The van der Waals surface area contributed by atoms with Gasteiger partial charge in [-0.2, -0.15) is 0 Å². The summed E-state index contributed by atoms with van der Waals surface area (Å²) in [4.78, 5) is 14.2. The highest BCUT2D eigenvalue weighted by atomic mass is 32.2. The number of sulfonamides is 1. The summed E-state index contributed by atoms with van der Waals surface area (Å²) in [5.41, 5.74) is 2.85. The molecule has 3 rings (SSSR count). The van der Waals surface area contributed by atoms with E-state index in [4.69, 9.17) is 0 Å². The van der Waals surface area contributed by atoms with Crippen LogP contribution < -0.4 is 10.0 Å². The maximum absolute atomic E-state index is 13.0. The molecule has 7 heteroatoms. The lowest BCUT2D eigenvalue weighted by molar-refractivity contribution is 0.0963. The molecule has 0 radical (unpaired) electrons. The summed E-state index contributed by atoms with van der Waals surface area (Å²) < 4.78 is 29.0. The Morgan fingerprint density at radius 1 is 1.07 bits per heavy atom. The van der Waals surface area contributed by atoms with Crippen molar-refractivity contribution in [1.82, 2.24) is 14.9 Å². The Morgan fingerprint density at radius 2 is 1.70 bits per heavy atom. The number of nitrogens with one attached hydrogen (secondary N) is 2. The van der Waals surface area contributed by atoms with Crippen LogP contribution in [0.4, 0.5) is 0 Å². The van der Waals surface area contributed by atoms with E-state index in [2.05, 4.69) is 39.2 Å². The predicted octanol–water partition coefficient (Wildman–Crippen LogP) is 2.80. The average molecular weight is 430 g/mol. The molecule has 1 atom stereocenters. The van der Waals surface area contributed by atoms with Gasteiger partial charge in [0.15, 0.2) is 0 Å². The van der Waals surface area contributed by atoms with Gasteiger partial charge in [0, 0.05) is 38.3 Å². The molecule has 0 bridgehead atoms. The Morgan fingerprint density at radius 3 is 2.30 bits per heavy atom. The third kappa shape index (κ3) is 5.28. The van der Waals surface area contributed by atoms with Gasteiger partial charge in [-0.15, -0.1) is 0 Å². The minimum Gasteiger partial charge on any atom is -0.355 e. The van der Waals surface area contributed by atoms with Gasteiger partial charge in [0.2, 0.25) is 10.0 Å². The number of fused-ring (bicyclic) bond motifs is 1. The topological polar surface area (TPSA) is 78.5 Å². The quantitative estimate of drug-likeness (QED) is 0.740. The van der Waals surface area contributed by atoms with Gasteiger partial charge in [0.1, 0.15) is 0 Å². The summed E-state index contributed by atoms with van der Waals surface area (Å²) >= 11 is 0. The third-order valence-corrected chi connectivity index (χ3v) is 7.13. The number of hydrogen-bond acceptors (Lipinski definition) is 4. The Hall–Kier alpha value is -2.22.